The molecule has 156 valence electrons. The summed E-state index contributed by atoms with van der Waals surface area (Å²) in [4.78, 5) is 34.7. The highest BCUT2D eigenvalue weighted by molar-refractivity contribution is 6.35. The number of hydrogen-bond donors (Lipinski definition) is 0. The van der Waals surface area contributed by atoms with Crippen LogP contribution in [0.3, 0.4) is 0 Å². The first-order chi connectivity index (χ1) is 14.3. The van der Waals surface area contributed by atoms with Crippen LogP contribution in [0.15, 0.2) is 48.4 Å². The molecule has 4 rings (SSSR count). The van der Waals surface area contributed by atoms with Crippen molar-refractivity contribution >= 4 is 17.4 Å². The van der Waals surface area contributed by atoms with Gasteiger partial charge in [-0.05, 0) is 60.4 Å². The predicted molar refractivity (Wildman–Crippen MR) is 117 cm³/mol. The molecule has 0 saturated carbocycles. The number of pyridine rings is 1. The van der Waals surface area contributed by atoms with Crippen LogP contribution in [0, 0.1) is 25.7 Å². The standard InChI is InChI=1S/C25H29N3O2/c1-16-10-17(2)14-27(13-16)23-22(21-8-7-18(3)19(4)11-21)24(29)28(25(23)30)15-20-6-5-9-26-12-20/h5-9,11-12,16-17H,10,13-15H2,1-4H3. The Balaban J connectivity index is 1.78. The topological polar surface area (TPSA) is 53.5 Å². The van der Waals surface area contributed by atoms with Crippen molar-refractivity contribution in [2.24, 2.45) is 11.8 Å². The van der Waals surface area contributed by atoms with Crippen molar-refractivity contribution in [2.45, 2.75) is 40.7 Å². The molecule has 2 amide bonds. The lowest BCUT2D eigenvalue weighted by molar-refractivity contribution is -0.138. The van der Waals surface area contributed by atoms with Gasteiger partial charge in [0.1, 0.15) is 5.70 Å². The summed E-state index contributed by atoms with van der Waals surface area (Å²) in [5.41, 5.74) is 5.06. The first kappa shape index (κ1) is 20.3. The molecule has 3 heterocycles. The number of benzene rings is 1. The minimum atomic E-state index is -0.215. The number of carbonyl (C=O) groups excluding carboxylic acids is 2. The molecule has 0 N–H and O–H groups in total. The molecule has 1 fully saturated rings. The molecule has 2 unspecified atom stereocenters. The molecule has 1 saturated heterocycles. The summed E-state index contributed by atoms with van der Waals surface area (Å²) in [7, 11) is 0. The molecule has 0 bridgehead atoms. The van der Waals surface area contributed by atoms with Crippen molar-refractivity contribution < 1.29 is 9.59 Å². The van der Waals surface area contributed by atoms with Gasteiger partial charge in [-0.1, -0.05) is 38.1 Å². The molecule has 30 heavy (non-hydrogen) atoms. The van der Waals surface area contributed by atoms with Crippen molar-refractivity contribution in [1.29, 1.82) is 0 Å². The van der Waals surface area contributed by atoms with E-state index in [1.54, 1.807) is 12.4 Å². The summed E-state index contributed by atoms with van der Waals surface area (Å²) < 4.78 is 0. The van der Waals surface area contributed by atoms with Crippen LogP contribution in [0.4, 0.5) is 0 Å². The third-order valence-electron chi connectivity index (χ3n) is 6.19. The lowest BCUT2D eigenvalue weighted by Gasteiger charge is -2.37. The molecule has 2 aliphatic rings. The van der Waals surface area contributed by atoms with Gasteiger partial charge in [0, 0.05) is 25.5 Å². The van der Waals surface area contributed by atoms with Gasteiger partial charge in [-0.2, -0.15) is 0 Å². The molecule has 2 aliphatic heterocycles. The van der Waals surface area contributed by atoms with Gasteiger partial charge in [-0.3, -0.25) is 19.5 Å². The lowest BCUT2D eigenvalue weighted by atomic mass is 9.90. The summed E-state index contributed by atoms with van der Waals surface area (Å²) in [6.45, 7) is 10.4. The number of piperidine rings is 1. The van der Waals surface area contributed by atoms with Gasteiger partial charge in [0.2, 0.25) is 0 Å². The Labute approximate surface area is 178 Å². The molecule has 2 atom stereocenters. The zero-order valence-corrected chi connectivity index (χ0v) is 18.2. The Morgan fingerprint density at radius 3 is 2.37 bits per heavy atom. The van der Waals surface area contributed by atoms with E-state index in [2.05, 4.69) is 30.7 Å². The van der Waals surface area contributed by atoms with E-state index in [9.17, 15) is 9.59 Å². The highest BCUT2D eigenvalue weighted by atomic mass is 16.2. The molecule has 0 spiro atoms. The van der Waals surface area contributed by atoms with Crippen molar-refractivity contribution in [1.82, 2.24) is 14.8 Å². The summed E-state index contributed by atoms with van der Waals surface area (Å²) >= 11 is 0. The van der Waals surface area contributed by atoms with Crippen molar-refractivity contribution in [3.63, 3.8) is 0 Å². The summed E-state index contributed by atoms with van der Waals surface area (Å²) in [6.07, 6.45) is 4.54. The van der Waals surface area contributed by atoms with Gasteiger partial charge in [0.15, 0.2) is 0 Å². The van der Waals surface area contributed by atoms with E-state index in [0.29, 0.717) is 23.1 Å². The van der Waals surface area contributed by atoms with Gasteiger partial charge in [-0.25, -0.2) is 0 Å². The van der Waals surface area contributed by atoms with Crippen molar-refractivity contribution in [2.75, 3.05) is 13.1 Å². The van der Waals surface area contributed by atoms with Gasteiger partial charge in [-0.15, -0.1) is 0 Å². The smallest absolute Gasteiger partial charge is 0.278 e. The average Bonchev–Trinajstić information content (AvgIpc) is 2.95. The molecule has 5 heteroatoms. The van der Waals surface area contributed by atoms with E-state index in [4.69, 9.17) is 0 Å². The molecule has 5 nitrogen and oxygen atoms in total. The van der Waals surface area contributed by atoms with Gasteiger partial charge in [0.25, 0.3) is 11.8 Å². The Morgan fingerprint density at radius 2 is 1.73 bits per heavy atom. The van der Waals surface area contributed by atoms with E-state index in [-0.39, 0.29) is 18.4 Å². The summed E-state index contributed by atoms with van der Waals surface area (Å²) in [5, 5.41) is 0. The predicted octanol–water partition coefficient (Wildman–Crippen LogP) is 3.96. The first-order valence-corrected chi connectivity index (χ1v) is 10.7. The highest BCUT2D eigenvalue weighted by Crippen LogP contribution is 2.36. The lowest BCUT2D eigenvalue weighted by Crippen LogP contribution is -2.41. The fourth-order valence-electron chi connectivity index (χ4n) is 4.68. The van der Waals surface area contributed by atoms with Crippen molar-refractivity contribution in [3.8, 4) is 0 Å². The van der Waals surface area contributed by atoms with E-state index in [1.165, 1.54) is 10.5 Å². The zero-order chi connectivity index (χ0) is 21.4. The maximum Gasteiger partial charge on any atom is 0.278 e. The summed E-state index contributed by atoms with van der Waals surface area (Å²) in [5.74, 6) is 0.557. The number of rotatable bonds is 4. The normalized spacial score (nSPS) is 22.3. The molecule has 0 aliphatic carbocycles. The van der Waals surface area contributed by atoms with Crippen LogP contribution in [0.25, 0.3) is 5.57 Å². The van der Waals surface area contributed by atoms with E-state index in [1.807, 2.05) is 37.3 Å². The average molecular weight is 404 g/mol. The second kappa shape index (κ2) is 8.05. The van der Waals surface area contributed by atoms with E-state index >= 15 is 0 Å². The number of aryl methyl sites for hydroxylation is 2. The third kappa shape index (κ3) is 3.76. The molecule has 2 aromatic rings. The Bertz CT molecular complexity index is 1000. The van der Waals surface area contributed by atoms with Crippen LogP contribution in [0.5, 0.6) is 0 Å². The fourth-order valence-corrected chi connectivity index (χ4v) is 4.68. The van der Waals surface area contributed by atoms with E-state index in [0.717, 1.165) is 36.2 Å². The fraction of sp³-hybridized carbons (Fsp3) is 0.400. The number of nitrogens with zero attached hydrogens (tertiary/aromatic N) is 3. The Hall–Kier alpha value is -2.95. The number of imide groups is 1. The molecule has 1 aromatic heterocycles. The number of hydrogen-bond acceptors (Lipinski definition) is 4. The molecular weight excluding hydrogens is 374 g/mol. The SMILES string of the molecule is Cc1ccc(C2=C(N3CC(C)CC(C)C3)C(=O)N(Cc3cccnc3)C2=O)cc1C. The zero-order valence-electron chi connectivity index (χ0n) is 18.2. The second-order valence-corrected chi connectivity index (χ2v) is 8.93. The Kier molecular flexibility index (Phi) is 5.46. The van der Waals surface area contributed by atoms with Crippen LogP contribution in [0.1, 0.15) is 42.5 Å². The maximum atomic E-state index is 13.6. The molecule has 1 aromatic carbocycles. The monoisotopic (exact) mass is 403 g/mol. The number of aromatic nitrogens is 1. The van der Waals surface area contributed by atoms with Crippen LogP contribution in [-0.2, 0) is 16.1 Å². The molecule has 0 radical (unpaired) electrons. The minimum absolute atomic E-state index is 0.196. The number of amides is 2. The molecular formula is C25H29N3O2. The van der Waals surface area contributed by atoms with E-state index < -0.39 is 0 Å². The number of likely N-dealkylation sites (tertiary alicyclic amines) is 1. The van der Waals surface area contributed by atoms with Gasteiger partial charge >= 0.3 is 0 Å². The maximum absolute atomic E-state index is 13.6. The van der Waals surface area contributed by atoms with Gasteiger partial charge < -0.3 is 4.90 Å². The quantitative estimate of drug-likeness (QED) is 0.725. The third-order valence-corrected chi connectivity index (χ3v) is 6.19. The van der Waals surface area contributed by atoms with Crippen LogP contribution >= 0.6 is 0 Å². The van der Waals surface area contributed by atoms with Crippen LogP contribution < -0.4 is 0 Å². The van der Waals surface area contributed by atoms with Gasteiger partial charge in [0.05, 0.1) is 12.1 Å². The largest absolute Gasteiger partial charge is 0.366 e. The highest BCUT2D eigenvalue weighted by Gasteiger charge is 2.42. The summed E-state index contributed by atoms with van der Waals surface area (Å²) in [6, 6.07) is 9.74. The second-order valence-electron chi connectivity index (χ2n) is 8.93. The number of carbonyl (C=O) groups is 2. The van der Waals surface area contributed by atoms with Crippen LogP contribution in [-0.4, -0.2) is 39.7 Å². The minimum Gasteiger partial charge on any atom is -0.366 e. The Morgan fingerprint density at radius 1 is 1.00 bits per heavy atom. The van der Waals surface area contributed by atoms with Crippen molar-refractivity contribution in [3.05, 3.63) is 70.7 Å². The first-order valence-electron chi connectivity index (χ1n) is 10.7. The van der Waals surface area contributed by atoms with Crippen LogP contribution in [0.2, 0.25) is 0 Å².